The summed E-state index contributed by atoms with van der Waals surface area (Å²) in [7, 11) is 2.11. The highest BCUT2D eigenvalue weighted by Crippen LogP contribution is 2.46. The fourth-order valence-corrected chi connectivity index (χ4v) is 5.52. The molecule has 0 bridgehead atoms. The SMILES string of the molecule is CN1CCN(c2ccc(CNC(=O)c3cncc(N4CC[C@]5(C4)OC(=O)Nc4ccc(Cl)c(F)c45)n3)cn2)CC1. The molecule has 11 nitrogen and oxygen atoms in total. The van der Waals surface area contributed by atoms with E-state index in [-0.39, 0.29) is 35.3 Å². The van der Waals surface area contributed by atoms with Gasteiger partial charge in [-0.15, -0.1) is 0 Å². The first-order valence-electron chi connectivity index (χ1n) is 13.0. The number of nitrogens with one attached hydrogen (secondary N) is 2. The highest BCUT2D eigenvalue weighted by molar-refractivity contribution is 6.31. The van der Waals surface area contributed by atoms with Crippen molar-refractivity contribution in [3.05, 3.63) is 70.5 Å². The lowest BCUT2D eigenvalue weighted by Crippen LogP contribution is -2.44. The summed E-state index contributed by atoms with van der Waals surface area (Å²) in [5.41, 5.74) is 0.290. The number of likely N-dealkylation sites (N-methyl/N-ethyl adjacent to an activating group) is 1. The number of fused-ring (bicyclic) bond motifs is 2. The second-order valence-corrected chi connectivity index (χ2v) is 10.6. The number of aromatic nitrogens is 3. The lowest BCUT2D eigenvalue weighted by atomic mass is 9.89. The van der Waals surface area contributed by atoms with Crippen LogP contribution in [0, 0.1) is 5.82 Å². The summed E-state index contributed by atoms with van der Waals surface area (Å²) in [5.74, 6) is 0.324. The van der Waals surface area contributed by atoms with Crippen LogP contribution in [0.4, 0.5) is 26.5 Å². The third kappa shape index (κ3) is 5.00. The van der Waals surface area contributed by atoms with Gasteiger partial charge in [-0.05, 0) is 30.8 Å². The Morgan fingerprint density at radius 1 is 1.10 bits per heavy atom. The van der Waals surface area contributed by atoms with E-state index in [1.807, 2.05) is 17.0 Å². The zero-order valence-corrected chi connectivity index (χ0v) is 22.6. The Kier molecular flexibility index (Phi) is 6.88. The molecule has 2 saturated heterocycles. The average Bonchev–Trinajstić information content (AvgIpc) is 3.38. The molecule has 208 valence electrons. The van der Waals surface area contributed by atoms with Crippen molar-refractivity contribution in [2.45, 2.75) is 18.6 Å². The van der Waals surface area contributed by atoms with Crippen molar-refractivity contribution in [1.82, 2.24) is 25.2 Å². The zero-order valence-electron chi connectivity index (χ0n) is 21.9. The Labute approximate surface area is 235 Å². The summed E-state index contributed by atoms with van der Waals surface area (Å²) in [4.78, 5) is 44.8. The second-order valence-electron chi connectivity index (χ2n) is 10.2. The lowest BCUT2D eigenvalue weighted by Gasteiger charge is -2.35. The first-order valence-corrected chi connectivity index (χ1v) is 13.4. The summed E-state index contributed by atoms with van der Waals surface area (Å²) >= 11 is 6.04. The molecule has 3 aromatic rings. The minimum absolute atomic E-state index is 0.0565. The van der Waals surface area contributed by atoms with Gasteiger partial charge in [-0.2, -0.15) is 0 Å². The molecule has 2 N–H and O–H groups in total. The van der Waals surface area contributed by atoms with E-state index in [9.17, 15) is 9.59 Å². The minimum atomic E-state index is -1.24. The van der Waals surface area contributed by atoms with Crippen molar-refractivity contribution in [2.24, 2.45) is 0 Å². The number of carbonyl (C=O) groups excluding carboxylic acids is 2. The number of hydrogen-bond acceptors (Lipinski definition) is 9. The van der Waals surface area contributed by atoms with Crippen LogP contribution in [0.3, 0.4) is 0 Å². The smallest absolute Gasteiger partial charge is 0.412 e. The van der Waals surface area contributed by atoms with E-state index in [1.54, 1.807) is 12.3 Å². The van der Waals surface area contributed by atoms with E-state index in [2.05, 4.69) is 42.4 Å². The van der Waals surface area contributed by atoms with Crippen LogP contribution in [0.1, 0.15) is 28.0 Å². The molecule has 3 aliphatic heterocycles. The largest absolute Gasteiger partial charge is 0.436 e. The number of carbonyl (C=O) groups is 2. The van der Waals surface area contributed by atoms with Crippen LogP contribution < -0.4 is 20.4 Å². The molecular weight excluding hydrogens is 539 g/mol. The molecule has 2 aromatic heterocycles. The molecule has 5 heterocycles. The number of ether oxygens (including phenoxy) is 1. The molecule has 1 spiro atoms. The van der Waals surface area contributed by atoms with E-state index in [1.165, 1.54) is 18.5 Å². The van der Waals surface area contributed by atoms with Gasteiger partial charge in [0.15, 0.2) is 11.4 Å². The first kappa shape index (κ1) is 26.2. The predicted octanol–water partition coefficient (Wildman–Crippen LogP) is 3.01. The molecule has 0 radical (unpaired) electrons. The monoisotopic (exact) mass is 566 g/mol. The summed E-state index contributed by atoms with van der Waals surface area (Å²) in [6.07, 6.45) is 4.33. The Morgan fingerprint density at radius 2 is 1.93 bits per heavy atom. The molecular formula is C27H28ClFN8O3. The number of rotatable bonds is 5. The van der Waals surface area contributed by atoms with Gasteiger partial charge in [0.25, 0.3) is 5.91 Å². The van der Waals surface area contributed by atoms with Crippen molar-refractivity contribution in [1.29, 1.82) is 0 Å². The molecule has 0 saturated carbocycles. The Bertz CT molecular complexity index is 1450. The summed E-state index contributed by atoms with van der Waals surface area (Å²) in [6, 6.07) is 6.88. The van der Waals surface area contributed by atoms with Gasteiger partial charge < -0.3 is 24.8 Å². The molecule has 3 aliphatic rings. The predicted molar refractivity (Wildman–Crippen MR) is 147 cm³/mol. The molecule has 40 heavy (non-hydrogen) atoms. The number of halogens is 2. The maximum Gasteiger partial charge on any atom is 0.412 e. The van der Waals surface area contributed by atoms with Crippen LogP contribution in [0.25, 0.3) is 0 Å². The van der Waals surface area contributed by atoms with Gasteiger partial charge >= 0.3 is 6.09 Å². The number of benzene rings is 1. The molecule has 6 rings (SSSR count). The Hall–Kier alpha value is -4.03. The number of hydrogen-bond donors (Lipinski definition) is 2. The fourth-order valence-electron chi connectivity index (χ4n) is 5.36. The van der Waals surface area contributed by atoms with Gasteiger partial charge in [-0.25, -0.2) is 19.2 Å². The van der Waals surface area contributed by atoms with Crippen molar-refractivity contribution in [3.8, 4) is 0 Å². The van der Waals surface area contributed by atoms with Crippen LogP contribution in [0.2, 0.25) is 5.02 Å². The number of anilines is 3. The summed E-state index contributed by atoms with van der Waals surface area (Å²) in [5, 5.41) is 5.35. The second kappa shape index (κ2) is 10.5. The molecule has 0 aliphatic carbocycles. The zero-order chi connectivity index (χ0) is 27.9. The highest BCUT2D eigenvalue weighted by Gasteiger charge is 2.50. The quantitative estimate of drug-likeness (QED) is 0.481. The van der Waals surface area contributed by atoms with Crippen molar-refractivity contribution < 1.29 is 18.7 Å². The number of piperazine rings is 1. The van der Waals surface area contributed by atoms with E-state index < -0.39 is 17.5 Å². The third-order valence-electron chi connectivity index (χ3n) is 7.58. The van der Waals surface area contributed by atoms with Gasteiger partial charge in [0.2, 0.25) is 0 Å². The van der Waals surface area contributed by atoms with Crippen LogP contribution in [0.15, 0.2) is 42.9 Å². The van der Waals surface area contributed by atoms with Crippen LogP contribution >= 0.6 is 11.6 Å². The molecule has 1 aromatic carbocycles. The number of pyridine rings is 1. The maximum atomic E-state index is 15.1. The minimum Gasteiger partial charge on any atom is -0.436 e. The third-order valence-corrected chi connectivity index (χ3v) is 7.87. The summed E-state index contributed by atoms with van der Waals surface area (Å²) < 4.78 is 20.7. The Morgan fingerprint density at radius 3 is 2.70 bits per heavy atom. The normalized spacial score (nSPS) is 20.7. The maximum absolute atomic E-state index is 15.1. The van der Waals surface area contributed by atoms with E-state index in [4.69, 9.17) is 16.3 Å². The van der Waals surface area contributed by atoms with Crippen molar-refractivity contribution in [3.63, 3.8) is 0 Å². The van der Waals surface area contributed by atoms with Crippen LogP contribution in [-0.4, -0.2) is 78.2 Å². The summed E-state index contributed by atoms with van der Waals surface area (Å²) in [6.45, 7) is 4.69. The average molecular weight is 567 g/mol. The molecule has 1 atom stereocenters. The van der Waals surface area contributed by atoms with E-state index >= 15 is 4.39 Å². The molecule has 13 heteroatoms. The van der Waals surface area contributed by atoms with Gasteiger partial charge in [0.1, 0.15) is 17.3 Å². The molecule has 2 amide bonds. The van der Waals surface area contributed by atoms with Gasteiger partial charge in [0, 0.05) is 51.9 Å². The van der Waals surface area contributed by atoms with E-state index in [0.29, 0.717) is 24.5 Å². The number of nitrogens with zero attached hydrogens (tertiary/aromatic N) is 6. The van der Waals surface area contributed by atoms with Gasteiger partial charge in [-0.1, -0.05) is 17.7 Å². The van der Waals surface area contributed by atoms with E-state index in [0.717, 1.165) is 37.6 Å². The lowest BCUT2D eigenvalue weighted by molar-refractivity contribution is 0.0263. The van der Waals surface area contributed by atoms with Crippen molar-refractivity contribution >= 4 is 40.9 Å². The van der Waals surface area contributed by atoms with Crippen molar-refractivity contribution in [2.75, 3.05) is 61.4 Å². The van der Waals surface area contributed by atoms with Gasteiger partial charge in [0.05, 0.1) is 35.2 Å². The first-order chi connectivity index (χ1) is 19.3. The molecule has 2 fully saturated rings. The van der Waals surface area contributed by atoms with Crippen LogP contribution in [-0.2, 0) is 16.9 Å². The highest BCUT2D eigenvalue weighted by atomic mass is 35.5. The fraction of sp³-hybridized carbons (Fsp3) is 0.370. The van der Waals surface area contributed by atoms with Crippen LogP contribution in [0.5, 0.6) is 0 Å². The Balaban J connectivity index is 1.12. The topological polar surface area (TPSA) is 116 Å². The number of amides is 2. The molecule has 0 unspecified atom stereocenters. The van der Waals surface area contributed by atoms with Gasteiger partial charge in [-0.3, -0.25) is 15.1 Å². The standard InChI is InChI=1S/C27H28ClFN8O3/c1-35-8-10-36(11-9-35)21-5-2-17(12-31-21)13-32-25(38)20-14-30-15-22(33-20)37-7-6-27(16-37)23-19(34-26(39)40-27)4-3-18(28)24(23)29/h2-5,12,14-15H,6-11,13,16H2,1H3,(H,32,38)(H,34,39)/t27-/m1/s1.